The number of aromatic nitrogens is 1. The lowest BCUT2D eigenvalue weighted by Gasteiger charge is -2.24. The van der Waals surface area contributed by atoms with E-state index in [1.165, 1.54) is 13.2 Å². The van der Waals surface area contributed by atoms with Crippen molar-refractivity contribution in [2.24, 2.45) is 5.41 Å². The van der Waals surface area contributed by atoms with Gasteiger partial charge in [-0.2, -0.15) is 13.2 Å². The number of rotatable bonds is 4. The molecule has 112 valence electrons. The van der Waals surface area contributed by atoms with Crippen LogP contribution in [0.4, 0.5) is 19.0 Å². The smallest absolute Gasteiger partial charge is 0.369 e. The second-order valence-corrected chi connectivity index (χ2v) is 5.78. The molecule has 1 rings (SSSR count). The molecular formula is C12H15BrF3N3O. The summed E-state index contributed by atoms with van der Waals surface area (Å²) in [5, 5.41) is 5.06. The minimum atomic E-state index is -4.52. The van der Waals surface area contributed by atoms with Gasteiger partial charge in [-0.3, -0.25) is 4.79 Å². The fourth-order valence-corrected chi connectivity index (χ4v) is 1.85. The van der Waals surface area contributed by atoms with Crippen molar-refractivity contribution in [2.45, 2.75) is 20.0 Å². The molecule has 8 heteroatoms. The Hall–Kier alpha value is -1.31. The van der Waals surface area contributed by atoms with Gasteiger partial charge >= 0.3 is 6.18 Å². The van der Waals surface area contributed by atoms with E-state index in [9.17, 15) is 18.0 Å². The molecule has 1 aromatic heterocycles. The van der Waals surface area contributed by atoms with Crippen LogP contribution < -0.4 is 10.6 Å². The molecule has 20 heavy (non-hydrogen) atoms. The molecule has 0 saturated carbocycles. The zero-order valence-electron chi connectivity index (χ0n) is 11.2. The Morgan fingerprint density at radius 1 is 1.40 bits per heavy atom. The summed E-state index contributed by atoms with van der Waals surface area (Å²) >= 11 is 2.96. The molecule has 1 heterocycles. The largest absolute Gasteiger partial charge is 0.419 e. The molecule has 0 radical (unpaired) electrons. The van der Waals surface area contributed by atoms with Gasteiger partial charge in [-0.1, -0.05) is 0 Å². The van der Waals surface area contributed by atoms with Crippen LogP contribution in [0.1, 0.15) is 19.4 Å². The van der Waals surface area contributed by atoms with Gasteiger partial charge in [0.2, 0.25) is 5.91 Å². The van der Waals surface area contributed by atoms with Crippen molar-refractivity contribution in [2.75, 3.05) is 18.9 Å². The molecule has 0 aliphatic heterocycles. The van der Waals surface area contributed by atoms with E-state index in [2.05, 4.69) is 31.5 Å². The van der Waals surface area contributed by atoms with Gasteiger partial charge in [0.25, 0.3) is 0 Å². The maximum Gasteiger partial charge on any atom is 0.419 e. The van der Waals surface area contributed by atoms with Crippen molar-refractivity contribution in [3.8, 4) is 0 Å². The maximum atomic E-state index is 12.9. The third kappa shape index (κ3) is 4.09. The zero-order valence-corrected chi connectivity index (χ0v) is 12.8. The Bertz CT molecular complexity index is 503. The minimum Gasteiger partial charge on any atom is -0.369 e. The van der Waals surface area contributed by atoms with Gasteiger partial charge < -0.3 is 10.6 Å². The summed E-state index contributed by atoms with van der Waals surface area (Å²) in [6.07, 6.45) is -3.25. The van der Waals surface area contributed by atoms with Crippen molar-refractivity contribution >= 4 is 27.7 Å². The number of halogens is 4. The number of nitrogens with zero attached hydrogens (tertiary/aromatic N) is 1. The van der Waals surface area contributed by atoms with Gasteiger partial charge in [0, 0.05) is 24.3 Å². The Morgan fingerprint density at radius 3 is 2.50 bits per heavy atom. The van der Waals surface area contributed by atoms with Crippen molar-refractivity contribution in [3.05, 3.63) is 22.3 Å². The summed E-state index contributed by atoms with van der Waals surface area (Å²) in [7, 11) is 1.48. The molecule has 0 fully saturated rings. The van der Waals surface area contributed by atoms with Crippen LogP contribution in [0.15, 0.2) is 16.7 Å². The lowest BCUT2D eigenvalue weighted by molar-refractivity contribution is -0.137. The SMILES string of the molecule is CNC(=O)C(C)(C)CNc1ncc(Br)cc1C(F)(F)F. The first-order valence-corrected chi connectivity index (χ1v) is 6.56. The summed E-state index contributed by atoms with van der Waals surface area (Å²) in [5.74, 6) is -0.562. The van der Waals surface area contributed by atoms with E-state index < -0.39 is 17.2 Å². The van der Waals surface area contributed by atoms with Crippen LogP contribution >= 0.6 is 15.9 Å². The number of nitrogens with one attached hydrogen (secondary N) is 2. The maximum absolute atomic E-state index is 12.9. The average Bonchev–Trinajstić information content (AvgIpc) is 2.35. The van der Waals surface area contributed by atoms with Crippen LogP contribution in [0.25, 0.3) is 0 Å². The second kappa shape index (κ2) is 5.99. The Balaban J connectivity index is 2.97. The van der Waals surface area contributed by atoms with Crippen molar-refractivity contribution < 1.29 is 18.0 Å². The minimum absolute atomic E-state index is 0.0321. The van der Waals surface area contributed by atoms with Gasteiger partial charge in [0.15, 0.2) is 0 Å². The first-order chi connectivity index (χ1) is 9.08. The normalized spacial score (nSPS) is 12.2. The fraction of sp³-hybridized carbons (Fsp3) is 0.500. The monoisotopic (exact) mass is 353 g/mol. The molecule has 0 unspecified atom stereocenters. The molecule has 0 spiro atoms. The standard InChI is InChI=1S/C12H15BrF3N3O/c1-11(2,10(20)17-3)6-19-9-8(12(14,15)16)4-7(13)5-18-9/h4-5H,6H2,1-3H3,(H,17,20)(H,18,19). The summed E-state index contributed by atoms with van der Waals surface area (Å²) in [5.41, 5.74) is -1.73. The molecule has 1 aromatic rings. The van der Waals surface area contributed by atoms with Crippen LogP contribution in [-0.2, 0) is 11.0 Å². The molecule has 0 aromatic carbocycles. The lowest BCUT2D eigenvalue weighted by atomic mass is 9.92. The highest BCUT2D eigenvalue weighted by molar-refractivity contribution is 9.10. The molecule has 4 nitrogen and oxygen atoms in total. The molecular weight excluding hydrogens is 339 g/mol. The molecule has 1 amide bonds. The number of amides is 1. The summed E-state index contributed by atoms with van der Waals surface area (Å²) < 4.78 is 38.9. The number of hydrogen-bond acceptors (Lipinski definition) is 3. The number of alkyl halides is 3. The summed E-state index contributed by atoms with van der Waals surface area (Å²) in [4.78, 5) is 15.3. The molecule has 0 aliphatic rings. The first kappa shape index (κ1) is 16.7. The highest BCUT2D eigenvalue weighted by atomic mass is 79.9. The summed E-state index contributed by atoms with van der Waals surface area (Å²) in [6.45, 7) is 3.29. The topological polar surface area (TPSA) is 54.0 Å². The number of anilines is 1. The highest BCUT2D eigenvalue weighted by Crippen LogP contribution is 2.35. The fourth-order valence-electron chi connectivity index (χ4n) is 1.52. The highest BCUT2D eigenvalue weighted by Gasteiger charge is 2.35. The van der Waals surface area contributed by atoms with Gasteiger partial charge in [0.1, 0.15) is 5.82 Å². The van der Waals surface area contributed by atoms with Gasteiger partial charge in [-0.25, -0.2) is 4.98 Å². The van der Waals surface area contributed by atoms with Crippen molar-refractivity contribution in [3.63, 3.8) is 0 Å². The molecule has 0 aliphatic carbocycles. The summed E-state index contributed by atoms with van der Waals surface area (Å²) in [6, 6.07) is 0.947. The number of hydrogen-bond donors (Lipinski definition) is 2. The van der Waals surface area contributed by atoms with Crippen molar-refractivity contribution in [1.82, 2.24) is 10.3 Å². The van der Waals surface area contributed by atoms with Crippen LogP contribution in [0.2, 0.25) is 0 Å². The molecule has 0 saturated heterocycles. The van der Waals surface area contributed by atoms with Crippen LogP contribution in [-0.4, -0.2) is 24.5 Å². The Kier molecular flexibility index (Phi) is 5.01. The number of pyridine rings is 1. The lowest BCUT2D eigenvalue weighted by Crippen LogP contribution is -2.39. The molecule has 0 atom stereocenters. The number of carbonyl (C=O) groups is 1. The van der Waals surface area contributed by atoms with Gasteiger partial charge in [-0.15, -0.1) is 0 Å². The van der Waals surface area contributed by atoms with E-state index in [1.54, 1.807) is 13.8 Å². The quantitative estimate of drug-likeness (QED) is 0.874. The van der Waals surface area contributed by atoms with E-state index in [0.717, 1.165) is 6.07 Å². The van der Waals surface area contributed by atoms with E-state index in [-0.39, 0.29) is 22.7 Å². The van der Waals surface area contributed by atoms with E-state index >= 15 is 0 Å². The van der Waals surface area contributed by atoms with E-state index in [4.69, 9.17) is 0 Å². The van der Waals surface area contributed by atoms with E-state index in [1.807, 2.05) is 0 Å². The van der Waals surface area contributed by atoms with Gasteiger partial charge in [-0.05, 0) is 35.8 Å². The van der Waals surface area contributed by atoms with Crippen LogP contribution in [0.5, 0.6) is 0 Å². The van der Waals surface area contributed by atoms with E-state index in [0.29, 0.717) is 0 Å². The number of carbonyl (C=O) groups excluding carboxylic acids is 1. The Labute approximate surface area is 123 Å². The van der Waals surface area contributed by atoms with Gasteiger partial charge in [0.05, 0.1) is 11.0 Å². The van der Waals surface area contributed by atoms with Crippen LogP contribution in [0.3, 0.4) is 0 Å². The molecule has 0 bridgehead atoms. The predicted octanol–water partition coefficient (Wildman–Crippen LogP) is 3.05. The third-order valence-corrected chi connectivity index (χ3v) is 3.13. The third-order valence-electron chi connectivity index (χ3n) is 2.70. The Morgan fingerprint density at radius 2 is 2.00 bits per heavy atom. The molecule has 2 N–H and O–H groups in total. The predicted molar refractivity (Wildman–Crippen MR) is 73.3 cm³/mol. The van der Waals surface area contributed by atoms with Crippen LogP contribution in [0, 0.1) is 5.41 Å². The zero-order chi connectivity index (χ0) is 15.6. The van der Waals surface area contributed by atoms with Crippen molar-refractivity contribution in [1.29, 1.82) is 0 Å². The first-order valence-electron chi connectivity index (χ1n) is 5.76. The average molecular weight is 354 g/mol. The second-order valence-electron chi connectivity index (χ2n) is 4.86.